The topological polar surface area (TPSA) is 65.4 Å². The molecule has 236 valence electrons. The molecule has 9 heteroatoms. The van der Waals surface area contributed by atoms with E-state index in [9.17, 15) is 4.79 Å². The zero-order chi connectivity index (χ0) is 31.3. The van der Waals surface area contributed by atoms with Crippen molar-refractivity contribution in [1.29, 1.82) is 0 Å². The van der Waals surface area contributed by atoms with Gasteiger partial charge in [-0.2, -0.15) is 11.8 Å². The van der Waals surface area contributed by atoms with Crippen LogP contribution in [0.15, 0.2) is 53.3 Å². The highest BCUT2D eigenvalue weighted by Gasteiger charge is 2.38. The predicted octanol–water partition coefficient (Wildman–Crippen LogP) is 9.27. The summed E-state index contributed by atoms with van der Waals surface area (Å²) >= 11 is 1.94. The highest BCUT2D eigenvalue weighted by atomic mass is 32.2. The maximum atomic E-state index is 13.7. The van der Waals surface area contributed by atoms with E-state index in [2.05, 4.69) is 58.8 Å². The van der Waals surface area contributed by atoms with E-state index in [4.69, 9.17) is 14.1 Å². The molecule has 2 aromatic carbocycles. The summed E-state index contributed by atoms with van der Waals surface area (Å²) in [6, 6.07) is 17.0. The van der Waals surface area contributed by atoms with E-state index in [-0.39, 0.29) is 17.3 Å². The predicted molar refractivity (Wildman–Crippen MR) is 190 cm³/mol. The van der Waals surface area contributed by atoms with Crippen molar-refractivity contribution in [3.05, 3.63) is 64.7 Å². The van der Waals surface area contributed by atoms with Crippen LogP contribution in [0.25, 0.3) is 10.9 Å². The number of ether oxygens (including phenoxy) is 1. The molecule has 43 heavy (non-hydrogen) atoms. The maximum absolute atomic E-state index is 13.7. The monoisotopic (exact) mass is 639 g/mol. The smallest absolute Gasteiger partial charge is 0.263 e. The van der Waals surface area contributed by atoms with Crippen LogP contribution in [0.2, 0.25) is 43.8 Å². The molecule has 0 bridgehead atoms. The average molecular weight is 640 g/mol. The minimum atomic E-state index is -1.71. The molecule has 1 fully saturated rings. The van der Waals surface area contributed by atoms with Crippen LogP contribution < -0.4 is 10.9 Å². The van der Waals surface area contributed by atoms with Crippen LogP contribution in [-0.2, 0) is 21.6 Å². The lowest BCUT2D eigenvalue weighted by Crippen LogP contribution is -2.42. The Hall–Kier alpha value is -1.92. The Labute approximate surface area is 265 Å². The van der Waals surface area contributed by atoms with Gasteiger partial charge in [-0.1, -0.05) is 58.6 Å². The lowest BCUT2D eigenvalue weighted by molar-refractivity contribution is 0.0827. The minimum Gasteiger partial charge on any atom is -0.417 e. The van der Waals surface area contributed by atoms with Gasteiger partial charge in [0.15, 0.2) is 8.32 Å². The van der Waals surface area contributed by atoms with Crippen LogP contribution in [0.5, 0.6) is 0 Å². The molecule has 0 unspecified atom stereocenters. The van der Waals surface area contributed by atoms with Gasteiger partial charge in [0.2, 0.25) is 0 Å². The molecule has 4 rings (SSSR count). The molecule has 1 aliphatic rings. The van der Waals surface area contributed by atoms with Crippen LogP contribution in [-0.4, -0.2) is 44.4 Å². The summed E-state index contributed by atoms with van der Waals surface area (Å²) in [7, 11) is -2.93. The van der Waals surface area contributed by atoms with Crippen LogP contribution in [0, 0.1) is 5.92 Å². The van der Waals surface area contributed by atoms with Crippen LogP contribution in [0.3, 0.4) is 0 Å². The molecule has 0 aliphatic heterocycles. The molecule has 3 aromatic rings. The highest BCUT2D eigenvalue weighted by Crippen LogP contribution is 2.39. The maximum Gasteiger partial charge on any atom is 0.263 e. The van der Waals surface area contributed by atoms with Gasteiger partial charge in [-0.25, -0.2) is 4.98 Å². The summed E-state index contributed by atoms with van der Waals surface area (Å²) < 4.78 is 14.4. The summed E-state index contributed by atoms with van der Waals surface area (Å²) in [5.74, 6) is 2.16. The fourth-order valence-electron chi connectivity index (χ4n) is 5.01. The fraction of sp³-hybridized carbons (Fsp3) is 0.588. The first-order valence-corrected chi connectivity index (χ1v) is 23.6. The Kier molecular flexibility index (Phi) is 11.4. The second-order valence-corrected chi connectivity index (χ2v) is 26.6. The lowest BCUT2D eigenvalue weighted by atomic mass is 9.90. The van der Waals surface area contributed by atoms with E-state index < -0.39 is 16.4 Å². The number of nitrogens with one attached hydrogen (secondary N) is 1. The number of benzene rings is 2. The number of anilines is 2. The van der Waals surface area contributed by atoms with Crippen molar-refractivity contribution in [2.75, 3.05) is 18.5 Å². The van der Waals surface area contributed by atoms with Gasteiger partial charge in [0.05, 0.1) is 16.7 Å². The Morgan fingerprint density at radius 3 is 2.33 bits per heavy atom. The van der Waals surface area contributed by atoms with Gasteiger partial charge in [0.25, 0.3) is 5.56 Å². The van der Waals surface area contributed by atoms with Gasteiger partial charge < -0.3 is 14.5 Å². The third-order valence-corrected chi connectivity index (χ3v) is 16.6. The standard InChI is InChI=1S/C34H53N3O3SSi2/c1-34(2,3)43(7,8)40-23-26-14-17-29(18-15-26)41-24-32-36-31-22-28(35-27-12-10-9-11-13-27)16-19-30(31)33(38)37(32)25-39-20-21-42(4,5)6/h9-13,16,19,22,26,29,35H,14-15,17-18,20-21,23-25H2,1-8H3. The first-order chi connectivity index (χ1) is 20.2. The number of hydrogen-bond donors (Lipinski definition) is 1. The van der Waals surface area contributed by atoms with Crippen molar-refractivity contribution in [1.82, 2.24) is 9.55 Å². The number of rotatable bonds is 13. The summed E-state index contributed by atoms with van der Waals surface area (Å²) in [5.41, 5.74) is 2.64. The van der Waals surface area contributed by atoms with Crippen LogP contribution >= 0.6 is 11.8 Å². The van der Waals surface area contributed by atoms with Gasteiger partial charge in [-0.15, -0.1) is 0 Å². The number of aromatic nitrogens is 2. The van der Waals surface area contributed by atoms with Gasteiger partial charge in [-0.05, 0) is 86.1 Å². The summed E-state index contributed by atoms with van der Waals surface area (Å²) in [6.07, 6.45) is 4.79. The molecule has 1 aliphatic carbocycles. The van der Waals surface area contributed by atoms with E-state index in [1.165, 1.54) is 25.7 Å². The molecule has 0 radical (unpaired) electrons. The van der Waals surface area contributed by atoms with Crippen molar-refractivity contribution in [3.8, 4) is 0 Å². The van der Waals surface area contributed by atoms with Gasteiger partial charge in [0.1, 0.15) is 12.6 Å². The average Bonchev–Trinajstić information content (AvgIpc) is 2.94. The van der Waals surface area contributed by atoms with Crippen molar-refractivity contribution in [2.24, 2.45) is 5.92 Å². The Balaban J connectivity index is 1.45. The molecular formula is C34H53N3O3SSi2. The highest BCUT2D eigenvalue weighted by molar-refractivity contribution is 7.99. The Morgan fingerprint density at radius 1 is 0.977 bits per heavy atom. The molecule has 1 saturated carbocycles. The SMILES string of the molecule is CC(C)(C)[Si](C)(C)OCC1CCC(SCc2nc3cc(Nc4ccccc4)ccc3c(=O)n2COCC[Si](C)(C)C)CC1. The van der Waals surface area contributed by atoms with Crippen LogP contribution in [0.1, 0.15) is 52.3 Å². The molecule has 0 amide bonds. The largest absolute Gasteiger partial charge is 0.417 e. The fourth-order valence-corrected chi connectivity index (χ4v) is 8.06. The van der Waals surface area contributed by atoms with Gasteiger partial charge in [-0.3, -0.25) is 9.36 Å². The number of hydrogen-bond acceptors (Lipinski definition) is 6. The van der Waals surface area contributed by atoms with E-state index in [0.717, 1.165) is 35.4 Å². The molecule has 6 nitrogen and oxygen atoms in total. The molecule has 0 atom stereocenters. The Bertz CT molecular complexity index is 1390. The number of fused-ring (bicyclic) bond motifs is 1. The van der Waals surface area contributed by atoms with Crippen LogP contribution in [0.4, 0.5) is 11.4 Å². The second kappa shape index (κ2) is 14.5. The summed E-state index contributed by atoms with van der Waals surface area (Å²) in [4.78, 5) is 18.8. The third-order valence-electron chi connectivity index (χ3n) is 9.04. The first-order valence-electron chi connectivity index (χ1n) is 15.9. The van der Waals surface area contributed by atoms with Gasteiger partial charge in [0, 0.05) is 37.9 Å². The molecule has 0 spiro atoms. The molecule has 0 saturated heterocycles. The van der Waals surface area contributed by atoms with E-state index in [1.807, 2.05) is 60.3 Å². The first kappa shape index (κ1) is 34.0. The zero-order valence-electron chi connectivity index (χ0n) is 27.7. The normalized spacial score (nSPS) is 18.2. The molecule has 1 heterocycles. The molecule has 1 aromatic heterocycles. The van der Waals surface area contributed by atoms with E-state index in [0.29, 0.717) is 28.9 Å². The number of thioether (sulfide) groups is 1. The van der Waals surface area contributed by atoms with E-state index in [1.54, 1.807) is 4.57 Å². The summed E-state index contributed by atoms with van der Waals surface area (Å²) in [5, 5.41) is 4.89. The minimum absolute atomic E-state index is 0.0219. The quantitative estimate of drug-likeness (QED) is 0.149. The molecule has 1 N–H and O–H groups in total. The molecular weight excluding hydrogens is 587 g/mol. The second-order valence-electron chi connectivity index (χ2n) is 14.9. The van der Waals surface area contributed by atoms with Gasteiger partial charge >= 0.3 is 0 Å². The summed E-state index contributed by atoms with van der Waals surface area (Å²) in [6.45, 7) is 20.5. The number of para-hydroxylation sites is 1. The van der Waals surface area contributed by atoms with Crippen molar-refractivity contribution in [3.63, 3.8) is 0 Å². The van der Waals surface area contributed by atoms with Crippen molar-refractivity contribution in [2.45, 2.75) is 108 Å². The number of nitrogens with zero attached hydrogens (tertiary/aromatic N) is 2. The van der Waals surface area contributed by atoms with E-state index >= 15 is 0 Å². The zero-order valence-corrected chi connectivity index (χ0v) is 30.5. The van der Waals surface area contributed by atoms with Crippen molar-refractivity contribution < 1.29 is 9.16 Å². The Morgan fingerprint density at radius 2 is 1.67 bits per heavy atom. The van der Waals surface area contributed by atoms with Crippen molar-refractivity contribution >= 4 is 50.4 Å². The lowest BCUT2D eigenvalue weighted by Gasteiger charge is -2.38. The third kappa shape index (κ3) is 9.78.